The van der Waals surface area contributed by atoms with Gasteiger partial charge in [-0.25, -0.2) is 0 Å². The molecule has 1 aliphatic carbocycles. The van der Waals surface area contributed by atoms with Gasteiger partial charge in [0.15, 0.2) is 0 Å². The molecule has 5 aromatic rings. The maximum absolute atomic E-state index is 4.93. The molecular formula is C40H50Cl2SiZr. The summed E-state index contributed by atoms with van der Waals surface area (Å²) in [7, 11) is 11.0. The molecule has 0 spiro atoms. The van der Waals surface area contributed by atoms with Gasteiger partial charge in [0.1, 0.15) is 0 Å². The topological polar surface area (TPSA) is 0 Å². The van der Waals surface area contributed by atoms with Gasteiger partial charge >= 0.3 is 37.9 Å². The number of fused-ring (bicyclic) bond motifs is 2. The molecule has 6 rings (SSSR count). The quantitative estimate of drug-likeness (QED) is 0.121. The van der Waals surface area contributed by atoms with Gasteiger partial charge in [0, 0.05) is 9.52 Å². The normalized spacial score (nSPS) is 13.4. The van der Waals surface area contributed by atoms with Crippen LogP contribution in [-0.4, -0.2) is 9.52 Å². The molecule has 4 heteroatoms. The zero-order valence-corrected chi connectivity index (χ0v) is 32.8. The van der Waals surface area contributed by atoms with Crippen LogP contribution in [0.4, 0.5) is 0 Å². The van der Waals surface area contributed by atoms with E-state index in [0.29, 0.717) is 11.8 Å². The van der Waals surface area contributed by atoms with E-state index >= 15 is 0 Å². The van der Waals surface area contributed by atoms with Gasteiger partial charge in [-0.3, -0.25) is 0 Å². The van der Waals surface area contributed by atoms with Crippen molar-refractivity contribution in [1.29, 1.82) is 0 Å². The van der Waals surface area contributed by atoms with Crippen LogP contribution in [0.2, 0.25) is 13.1 Å². The third-order valence-electron chi connectivity index (χ3n) is 8.88. The van der Waals surface area contributed by atoms with Crippen LogP contribution in [0.25, 0.3) is 32.7 Å². The Morgan fingerprint density at radius 3 is 1.98 bits per heavy atom. The van der Waals surface area contributed by atoms with E-state index in [9.17, 15) is 0 Å². The summed E-state index contributed by atoms with van der Waals surface area (Å²) in [4.78, 5) is 0. The van der Waals surface area contributed by atoms with Crippen LogP contribution >= 0.6 is 17.0 Å². The average molecular weight is 721 g/mol. The monoisotopic (exact) mass is 718 g/mol. The van der Waals surface area contributed by atoms with Crippen molar-refractivity contribution < 1.29 is 20.8 Å². The van der Waals surface area contributed by atoms with E-state index in [1.165, 1.54) is 75.9 Å². The van der Waals surface area contributed by atoms with Crippen LogP contribution in [0.5, 0.6) is 0 Å². The molecule has 1 aliphatic rings. The van der Waals surface area contributed by atoms with Crippen LogP contribution in [0.3, 0.4) is 0 Å². The number of aryl methyl sites for hydroxylation is 1. The van der Waals surface area contributed by atoms with E-state index < -0.39 is 20.8 Å². The van der Waals surface area contributed by atoms with Crippen molar-refractivity contribution in [2.24, 2.45) is 0 Å². The summed E-state index contributed by atoms with van der Waals surface area (Å²) in [6.45, 7) is 15.6. The zero-order valence-electron chi connectivity index (χ0n) is 27.8. The van der Waals surface area contributed by atoms with E-state index in [-0.39, 0.29) is 0 Å². The second-order valence-corrected chi connectivity index (χ2v) is 17.0. The first-order valence-electron chi connectivity index (χ1n) is 16.3. The molecule has 44 heavy (non-hydrogen) atoms. The Kier molecular flexibility index (Phi) is 16.2. The van der Waals surface area contributed by atoms with E-state index in [0.717, 1.165) is 21.9 Å². The Hall–Kier alpha value is -1.44. The molecule has 0 bridgehead atoms. The van der Waals surface area contributed by atoms with Crippen molar-refractivity contribution >= 4 is 48.1 Å². The molecule has 0 aliphatic heterocycles. The average Bonchev–Trinajstić information content (AvgIpc) is 3.81. The molecule has 5 aromatic carbocycles. The third kappa shape index (κ3) is 10.0. The van der Waals surface area contributed by atoms with Gasteiger partial charge in [-0.05, 0) is 48.1 Å². The predicted molar refractivity (Wildman–Crippen MR) is 197 cm³/mol. The molecule has 0 N–H and O–H groups in total. The summed E-state index contributed by atoms with van der Waals surface area (Å²) in [5.41, 5.74) is 8.62. The second-order valence-electron chi connectivity index (χ2n) is 12.3. The van der Waals surface area contributed by atoms with Crippen molar-refractivity contribution in [2.45, 2.75) is 104 Å². The van der Waals surface area contributed by atoms with E-state index in [2.05, 4.69) is 133 Å². The van der Waals surface area contributed by atoms with Gasteiger partial charge in [0.05, 0.1) is 0 Å². The Labute approximate surface area is 289 Å². The molecule has 0 nitrogen and oxygen atoms in total. The van der Waals surface area contributed by atoms with Crippen LogP contribution in [0.15, 0.2) is 84.9 Å². The minimum atomic E-state index is -0.826. The summed E-state index contributed by atoms with van der Waals surface area (Å²) >= 11 is -0.826. The summed E-state index contributed by atoms with van der Waals surface area (Å²) in [6.07, 6.45) is 7.96. The number of hydrogen-bond acceptors (Lipinski definition) is 0. The van der Waals surface area contributed by atoms with Crippen LogP contribution in [0, 0.1) is 0 Å². The summed E-state index contributed by atoms with van der Waals surface area (Å²) in [5.74, 6) is 2.10. The van der Waals surface area contributed by atoms with Crippen molar-refractivity contribution in [2.75, 3.05) is 0 Å². The van der Waals surface area contributed by atoms with E-state index in [1.807, 2.05) is 0 Å². The molecule has 0 saturated heterocycles. The van der Waals surface area contributed by atoms with Gasteiger partial charge in [-0.1, -0.05) is 115 Å². The first-order valence-corrected chi connectivity index (χ1v) is 24.7. The fourth-order valence-electron chi connectivity index (χ4n) is 6.23. The Morgan fingerprint density at radius 1 is 0.818 bits per heavy atom. The second kappa shape index (κ2) is 19.3. The first-order chi connectivity index (χ1) is 21.3. The predicted octanol–water partition coefficient (Wildman–Crippen LogP) is 13.8. The van der Waals surface area contributed by atoms with Crippen molar-refractivity contribution in [3.8, 4) is 11.1 Å². The molecule has 0 amide bonds. The Morgan fingerprint density at radius 2 is 1.41 bits per heavy atom. The van der Waals surface area contributed by atoms with Crippen LogP contribution < -0.4 is 0 Å². The summed E-state index contributed by atoms with van der Waals surface area (Å²) < 4.78 is 0. The Balaban J connectivity index is 0.000000205. The minimum absolute atomic E-state index is 0.588. The number of rotatable bonds is 6. The van der Waals surface area contributed by atoms with Gasteiger partial charge in [-0.2, -0.15) is 12.1 Å². The summed E-state index contributed by atoms with van der Waals surface area (Å²) in [5, 5.41) is 5.69. The molecule has 232 valence electrons. The standard InChI is InChI=1S/C20H21.C18H23.C2H6Si.2ClH.Zr/c1-4-15-12-18-6-5-7-19(20(18)13-15)17-10-8-16(9-11-17)14(2)3;1-3-13(2)17-10-6-9-15-11-16(12-18(15)17)14-7-4-5-8-14;1-3-2;;;/h5-14H,4H2,1-3H3;6,9-14H,3-5,7-8H2,1-2H3;1-2H3;2*1H;/q2*-1;;;;+4/p-2. The Bertz CT molecular complexity index is 1520. The van der Waals surface area contributed by atoms with E-state index in [1.54, 1.807) is 11.1 Å². The molecule has 1 atom stereocenters. The first kappa shape index (κ1) is 37.0. The number of hydrogen-bond donors (Lipinski definition) is 0. The van der Waals surface area contributed by atoms with E-state index in [4.69, 9.17) is 17.0 Å². The zero-order chi connectivity index (χ0) is 32.1. The fraction of sp³-hybridized carbons (Fsp3) is 0.400. The van der Waals surface area contributed by atoms with Gasteiger partial charge in [0.2, 0.25) is 0 Å². The fourth-order valence-corrected chi connectivity index (χ4v) is 6.23. The SMILES string of the molecule is CCC(C)c1cccc2[cH-]c(C3CCCC3)cc12.CCc1cc2c(-c3ccc(C(C)C)cc3)cccc2[cH-]1.C[Si]C.[Cl][Zr+2][Cl]. The molecule has 1 saturated carbocycles. The number of benzene rings is 3. The molecule has 2 radical (unpaired) electrons. The molecule has 1 fully saturated rings. The summed E-state index contributed by atoms with van der Waals surface area (Å²) in [6, 6.07) is 32.0. The molecule has 0 heterocycles. The van der Waals surface area contributed by atoms with Gasteiger partial charge in [-0.15, -0.1) is 69.1 Å². The third-order valence-corrected chi connectivity index (χ3v) is 8.88. The van der Waals surface area contributed by atoms with Crippen molar-refractivity contribution in [1.82, 2.24) is 0 Å². The molecule has 0 aromatic heterocycles. The molecule has 1 unspecified atom stereocenters. The molecular weight excluding hydrogens is 671 g/mol. The maximum atomic E-state index is 4.93. The van der Waals surface area contributed by atoms with Crippen molar-refractivity contribution in [3.63, 3.8) is 0 Å². The van der Waals surface area contributed by atoms with Gasteiger partial charge < -0.3 is 0 Å². The number of halogens is 2. The van der Waals surface area contributed by atoms with Gasteiger partial charge in [0.25, 0.3) is 0 Å². The van der Waals surface area contributed by atoms with Crippen molar-refractivity contribution in [3.05, 3.63) is 107 Å². The van der Waals surface area contributed by atoms with Crippen LogP contribution in [0.1, 0.15) is 107 Å². The van der Waals surface area contributed by atoms with Crippen LogP contribution in [-0.2, 0) is 27.3 Å².